The number of hydrogen-bond acceptors (Lipinski definition) is 0. The van der Waals surface area contributed by atoms with Crippen LogP contribution in [-0.2, 0) is 0 Å². The maximum atomic E-state index is 12.9. The first-order valence-electron chi connectivity index (χ1n) is 4.70. The summed E-state index contributed by atoms with van der Waals surface area (Å²) >= 11 is 0. The molecule has 0 N–H and O–H groups in total. The molecule has 1 aromatic rings. The molecule has 0 aliphatic rings. The lowest BCUT2D eigenvalue weighted by atomic mass is 10.1. The van der Waals surface area contributed by atoms with Crippen molar-refractivity contribution >= 4 is 6.08 Å². The van der Waals surface area contributed by atoms with Crippen LogP contribution in [0.2, 0.25) is 0 Å². The molecule has 1 rings (SSSR count). The van der Waals surface area contributed by atoms with Crippen molar-refractivity contribution in [2.24, 2.45) is 0 Å². The molecule has 0 radical (unpaired) electrons. The standard InChI is InChI=1S/C13H15F/c1-4-5-10(2)8-12-9-13(14)7-6-11(12)3/h4-9H,1-3H3/b5-4-,10-8-. The van der Waals surface area contributed by atoms with Crippen LogP contribution < -0.4 is 0 Å². The highest BCUT2D eigenvalue weighted by Gasteiger charge is 1.96. The summed E-state index contributed by atoms with van der Waals surface area (Å²) in [6, 6.07) is 4.84. The minimum absolute atomic E-state index is 0.185. The average molecular weight is 190 g/mol. The van der Waals surface area contributed by atoms with Crippen molar-refractivity contribution in [1.82, 2.24) is 0 Å². The fourth-order valence-corrected chi connectivity index (χ4v) is 1.32. The summed E-state index contributed by atoms with van der Waals surface area (Å²) in [5.74, 6) is -0.185. The second-order valence-electron chi connectivity index (χ2n) is 3.39. The smallest absolute Gasteiger partial charge is 0.123 e. The Balaban J connectivity index is 3.07. The molecule has 0 nitrogen and oxygen atoms in total. The van der Waals surface area contributed by atoms with Gasteiger partial charge in [-0.15, -0.1) is 0 Å². The third-order valence-corrected chi connectivity index (χ3v) is 2.05. The minimum Gasteiger partial charge on any atom is -0.207 e. The molecule has 0 amide bonds. The van der Waals surface area contributed by atoms with Crippen molar-refractivity contribution in [3.8, 4) is 0 Å². The fraction of sp³-hybridized carbons (Fsp3) is 0.231. The molecular formula is C13H15F. The van der Waals surface area contributed by atoms with Crippen LogP contribution in [-0.4, -0.2) is 0 Å². The van der Waals surface area contributed by atoms with E-state index in [1.54, 1.807) is 12.1 Å². The zero-order valence-corrected chi connectivity index (χ0v) is 8.84. The summed E-state index contributed by atoms with van der Waals surface area (Å²) in [4.78, 5) is 0. The SMILES string of the molecule is C/C=C\C(C)=C/c1cc(F)ccc1C. The van der Waals surface area contributed by atoms with Crippen LogP contribution in [0.4, 0.5) is 4.39 Å². The second-order valence-corrected chi connectivity index (χ2v) is 3.39. The molecule has 0 aromatic heterocycles. The van der Waals surface area contributed by atoms with E-state index in [-0.39, 0.29) is 5.82 Å². The van der Waals surface area contributed by atoms with Crippen LogP contribution in [0.15, 0.2) is 35.9 Å². The predicted octanol–water partition coefficient (Wildman–Crippen LogP) is 4.11. The van der Waals surface area contributed by atoms with Crippen LogP contribution in [0.25, 0.3) is 6.08 Å². The topological polar surface area (TPSA) is 0 Å². The number of rotatable bonds is 2. The monoisotopic (exact) mass is 190 g/mol. The highest BCUT2D eigenvalue weighted by atomic mass is 19.1. The third kappa shape index (κ3) is 2.84. The van der Waals surface area contributed by atoms with E-state index < -0.39 is 0 Å². The van der Waals surface area contributed by atoms with Gasteiger partial charge in [0.05, 0.1) is 0 Å². The maximum absolute atomic E-state index is 12.9. The molecule has 0 bridgehead atoms. The van der Waals surface area contributed by atoms with Crippen molar-refractivity contribution in [1.29, 1.82) is 0 Å². The Labute approximate surface area is 84.8 Å². The second kappa shape index (κ2) is 4.75. The van der Waals surface area contributed by atoms with Crippen LogP contribution in [0.5, 0.6) is 0 Å². The fourth-order valence-electron chi connectivity index (χ4n) is 1.32. The van der Waals surface area contributed by atoms with E-state index in [9.17, 15) is 4.39 Å². The lowest BCUT2D eigenvalue weighted by Crippen LogP contribution is -1.83. The van der Waals surface area contributed by atoms with Gasteiger partial charge in [0.2, 0.25) is 0 Å². The molecule has 0 aliphatic carbocycles. The summed E-state index contributed by atoms with van der Waals surface area (Å²) in [5.41, 5.74) is 3.16. The van der Waals surface area contributed by atoms with E-state index in [2.05, 4.69) is 0 Å². The first-order chi connectivity index (χ1) is 6.63. The van der Waals surface area contributed by atoms with E-state index in [0.717, 1.165) is 16.7 Å². The number of hydrogen-bond donors (Lipinski definition) is 0. The third-order valence-electron chi connectivity index (χ3n) is 2.05. The first-order valence-corrected chi connectivity index (χ1v) is 4.70. The predicted molar refractivity (Wildman–Crippen MR) is 59.6 cm³/mol. The van der Waals surface area contributed by atoms with Crippen LogP contribution in [0.1, 0.15) is 25.0 Å². The molecule has 0 fully saturated rings. The number of benzene rings is 1. The van der Waals surface area contributed by atoms with Gasteiger partial charge in [0.15, 0.2) is 0 Å². The number of halogens is 1. The molecule has 0 atom stereocenters. The van der Waals surface area contributed by atoms with Crippen LogP contribution in [0, 0.1) is 12.7 Å². The molecular weight excluding hydrogens is 175 g/mol. The molecule has 1 aromatic carbocycles. The highest BCUT2D eigenvalue weighted by molar-refractivity contribution is 5.58. The van der Waals surface area contributed by atoms with Gasteiger partial charge in [-0.05, 0) is 44.0 Å². The molecule has 14 heavy (non-hydrogen) atoms. The Morgan fingerprint density at radius 2 is 2.07 bits per heavy atom. The van der Waals surface area contributed by atoms with E-state index in [4.69, 9.17) is 0 Å². The van der Waals surface area contributed by atoms with Gasteiger partial charge >= 0.3 is 0 Å². The molecule has 0 unspecified atom stereocenters. The molecule has 0 spiro atoms. The van der Waals surface area contributed by atoms with E-state index in [1.807, 2.05) is 39.0 Å². The lowest BCUT2D eigenvalue weighted by molar-refractivity contribution is 0.627. The molecule has 0 heterocycles. The van der Waals surface area contributed by atoms with Gasteiger partial charge in [0.25, 0.3) is 0 Å². The van der Waals surface area contributed by atoms with Gasteiger partial charge in [-0.3, -0.25) is 0 Å². The van der Waals surface area contributed by atoms with Crippen LogP contribution in [0.3, 0.4) is 0 Å². The minimum atomic E-state index is -0.185. The lowest BCUT2D eigenvalue weighted by Gasteiger charge is -2.01. The van der Waals surface area contributed by atoms with E-state index in [0.29, 0.717) is 0 Å². The van der Waals surface area contributed by atoms with Crippen molar-refractivity contribution < 1.29 is 4.39 Å². The van der Waals surface area contributed by atoms with Crippen LogP contribution >= 0.6 is 0 Å². The van der Waals surface area contributed by atoms with Gasteiger partial charge < -0.3 is 0 Å². The highest BCUT2D eigenvalue weighted by Crippen LogP contribution is 2.14. The Hall–Kier alpha value is -1.37. The molecule has 0 saturated carbocycles. The Kier molecular flexibility index (Phi) is 3.63. The van der Waals surface area contributed by atoms with Gasteiger partial charge in [0, 0.05) is 0 Å². The van der Waals surface area contributed by atoms with E-state index in [1.165, 1.54) is 6.07 Å². The Bertz CT molecular complexity index is 373. The number of aryl methyl sites for hydroxylation is 1. The Morgan fingerprint density at radius 1 is 1.36 bits per heavy atom. The van der Waals surface area contributed by atoms with Gasteiger partial charge in [-0.2, -0.15) is 0 Å². The zero-order valence-electron chi connectivity index (χ0n) is 8.84. The molecule has 74 valence electrons. The first kappa shape index (κ1) is 10.7. The number of allylic oxidation sites excluding steroid dienone is 3. The summed E-state index contributed by atoms with van der Waals surface area (Å²) in [7, 11) is 0. The summed E-state index contributed by atoms with van der Waals surface area (Å²) in [6.07, 6.45) is 5.96. The van der Waals surface area contributed by atoms with E-state index >= 15 is 0 Å². The molecule has 0 saturated heterocycles. The summed E-state index contributed by atoms with van der Waals surface area (Å²) in [5, 5.41) is 0. The summed E-state index contributed by atoms with van der Waals surface area (Å²) < 4.78 is 12.9. The normalized spacial score (nSPS) is 12.4. The molecule has 0 aliphatic heterocycles. The van der Waals surface area contributed by atoms with Crippen molar-refractivity contribution in [3.05, 3.63) is 52.9 Å². The van der Waals surface area contributed by atoms with Crippen molar-refractivity contribution in [3.63, 3.8) is 0 Å². The van der Waals surface area contributed by atoms with Gasteiger partial charge in [-0.1, -0.05) is 29.9 Å². The van der Waals surface area contributed by atoms with Crippen molar-refractivity contribution in [2.75, 3.05) is 0 Å². The van der Waals surface area contributed by atoms with Crippen molar-refractivity contribution in [2.45, 2.75) is 20.8 Å². The largest absolute Gasteiger partial charge is 0.207 e. The molecule has 1 heteroatoms. The van der Waals surface area contributed by atoms with Gasteiger partial charge in [-0.25, -0.2) is 4.39 Å². The summed E-state index contributed by atoms with van der Waals surface area (Å²) in [6.45, 7) is 5.95. The zero-order chi connectivity index (χ0) is 10.6. The average Bonchev–Trinajstić information content (AvgIpc) is 2.12. The van der Waals surface area contributed by atoms with Gasteiger partial charge in [0.1, 0.15) is 5.82 Å². The Morgan fingerprint density at radius 3 is 2.71 bits per heavy atom. The maximum Gasteiger partial charge on any atom is 0.123 e. The quantitative estimate of drug-likeness (QED) is 0.615.